The third-order valence-corrected chi connectivity index (χ3v) is 6.24. The Kier molecular flexibility index (Phi) is 3.75. The SMILES string of the molecule is CSc1nc(C)c(C)c(N2CC3CC(C2)N3c2ccc3nnc(C)n3n2)n1. The molecule has 6 rings (SSSR count). The summed E-state index contributed by atoms with van der Waals surface area (Å²) in [5.74, 6) is 2.90. The van der Waals surface area contributed by atoms with Crippen LogP contribution in [0.15, 0.2) is 17.3 Å². The first-order chi connectivity index (χ1) is 13.0. The maximum Gasteiger partial charge on any atom is 0.189 e. The van der Waals surface area contributed by atoms with Gasteiger partial charge in [0.15, 0.2) is 16.6 Å². The second-order valence-corrected chi connectivity index (χ2v) is 8.08. The lowest BCUT2D eigenvalue weighted by Crippen LogP contribution is -2.69. The summed E-state index contributed by atoms with van der Waals surface area (Å²) >= 11 is 1.60. The van der Waals surface area contributed by atoms with E-state index in [0.29, 0.717) is 12.1 Å². The van der Waals surface area contributed by atoms with Crippen molar-refractivity contribution in [1.29, 1.82) is 0 Å². The van der Waals surface area contributed by atoms with Crippen LogP contribution in [0.5, 0.6) is 0 Å². The van der Waals surface area contributed by atoms with Gasteiger partial charge in [-0.05, 0) is 45.6 Å². The molecule has 2 unspecified atom stereocenters. The minimum Gasteiger partial charge on any atom is -0.352 e. The van der Waals surface area contributed by atoms with E-state index in [1.807, 2.05) is 23.8 Å². The standard InChI is InChI=1S/C18H22N8S/c1-10-11(2)19-18(27-4)20-17(10)24-8-13-7-14(9-24)25(13)16-6-5-15-22-21-12(3)26(15)23-16/h5-6,13-14H,7-9H2,1-4H3. The van der Waals surface area contributed by atoms with Crippen LogP contribution in [0.3, 0.4) is 0 Å². The van der Waals surface area contributed by atoms with Gasteiger partial charge in [-0.1, -0.05) is 11.8 Å². The summed E-state index contributed by atoms with van der Waals surface area (Å²) < 4.78 is 1.82. The molecule has 9 heteroatoms. The highest BCUT2D eigenvalue weighted by atomic mass is 32.2. The summed E-state index contributed by atoms with van der Waals surface area (Å²) in [6.07, 6.45) is 3.23. The maximum absolute atomic E-state index is 4.80. The molecular formula is C18H22N8S. The summed E-state index contributed by atoms with van der Waals surface area (Å²) in [5, 5.41) is 13.8. The van der Waals surface area contributed by atoms with Crippen LogP contribution >= 0.6 is 11.8 Å². The molecule has 3 aliphatic rings. The number of rotatable bonds is 3. The van der Waals surface area contributed by atoms with Gasteiger partial charge in [0, 0.05) is 24.3 Å². The number of hydrogen-bond donors (Lipinski definition) is 0. The average Bonchev–Trinajstić information content (AvgIpc) is 3.04. The molecule has 0 saturated carbocycles. The lowest BCUT2D eigenvalue weighted by Gasteiger charge is -2.57. The van der Waals surface area contributed by atoms with Gasteiger partial charge in [-0.25, -0.2) is 9.97 Å². The molecule has 3 aromatic heterocycles. The molecule has 3 saturated heterocycles. The zero-order valence-corrected chi connectivity index (χ0v) is 16.7. The fraction of sp³-hybridized carbons (Fsp3) is 0.500. The molecule has 2 bridgehead atoms. The van der Waals surface area contributed by atoms with Crippen molar-refractivity contribution in [1.82, 2.24) is 29.8 Å². The van der Waals surface area contributed by atoms with Gasteiger partial charge in [0.05, 0.1) is 12.1 Å². The molecule has 0 spiro atoms. The lowest BCUT2D eigenvalue weighted by molar-refractivity contribution is 0.286. The number of anilines is 2. The number of nitrogens with zero attached hydrogens (tertiary/aromatic N) is 8. The van der Waals surface area contributed by atoms with Crippen LogP contribution in [0.1, 0.15) is 23.5 Å². The third kappa shape index (κ3) is 2.55. The number of hydrogen-bond acceptors (Lipinski definition) is 8. The smallest absolute Gasteiger partial charge is 0.189 e. The van der Waals surface area contributed by atoms with E-state index in [1.54, 1.807) is 11.8 Å². The van der Waals surface area contributed by atoms with Gasteiger partial charge < -0.3 is 9.80 Å². The Morgan fingerprint density at radius 3 is 2.56 bits per heavy atom. The monoisotopic (exact) mass is 382 g/mol. The Labute approximate surface area is 162 Å². The second-order valence-electron chi connectivity index (χ2n) is 7.31. The number of piperidine rings is 1. The van der Waals surface area contributed by atoms with Crippen LogP contribution in [0.2, 0.25) is 0 Å². The van der Waals surface area contributed by atoms with Gasteiger partial charge in [0.2, 0.25) is 0 Å². The van der Waals surface area contributed by atoms with E-state index < -0.39 is 0 Å². The normalized spacial score (nSPS) is 21.6. The summed E-state index contributed by atoms with van der Waals surface area (Å²) in [6, 6.07) is 4.97. The molecule has 8 nitrogen and oxygen atoms in total. The quantitative estimate of drug-likeness (QED) is 0.503. The summed E-state index contributed by atoms with van der Waals surface area (Å²) in [6.45, 7) is 8.04. The van der Waals surface area contributed by atoms with Crippen molar-refractivity contribution in [3.8, 4) is 0 Å². The molecule has 0 amide bonds. The molecule has 0 radical (unpaired) electrons. The third-order valence-electron chi connectivity index (χ3n) is 5.69. The Morgan fingerprint density at radius 2 is 1.81 bits per heavy atom. The Morgan fingerprint density at radius 1 is 1.04 bits per heavy atom. The number of fused-ring (bicyclic) bond motifs is 3. The van der Waals surface area contributed by atoms with Crippen molar-refractivity contribution in [2.24, 2.45) is 0 Å². The van der Waals surface area contributed by atoms with Gasteiger partial charge >= 0.3 is 0 Å². The first kappa shape index (κ1) is 16.7. The van der Waals surface area contributed by atoms with Crippen LogP contribution < -0.4 is 9.80 Å². The molecule has 3 aromatic rings. The van der Waals surface area contributed by atoms with E-state index in [-0.39, 0.29) is 0 Å². The molecule has 2 atom stereocenters. The highest BCUT2D eigenvalue weighted by molar-refractivity contribution is 7.98. The maximum atomic E-state index is 4.80. The van der Waals surface area contributed by atoms with Crippen LogP contribution in [0.4, 0.5) is 11.6 Å². The summed E-state index contributed by atoms with van der Waals surface area (Å²) in [5.41, 5.74) is 3.04. The molecule has 0 N–H and O–H groups in total. The Hall–Kier alpha value is -2.42. The Bertz CT molecular complexity index is 1020. The molecule has 0 aliphatic carbocycles. The number of thioether (sulfide) groups is 1. The minimum absolute atomic E-state index is 0.456. The molecule has 3 fully saturated rings. The molecule has 3 aliphatic heterocycles. The average molecular weight is 382 g/mol. The fourth-order valence-electron chi connectivity index (χ4n) is 4.17. The number of aromatic nitrogens is 6. The van der Waals surface area contributed by atoms with Gasteiger partial charge in [0.25, 0.3) is 0 Å². The molecule has 6 heterocycles. The van der Waals surface area contributed by atoms with Gasteiger partial charge in [0.1, 0.15) is 11.6 Å². The van der Waals surface area contributed by atoms with Crippen LogP contribution in [-0.4, -0.2) is 61.2 Å². The van der Waals surface area contributed by atoms with E-state index in [1.165, 1.54) is 12.0 Å². The fourth-order valence-corrected chi connectivity index (χ4v) is 4.57. The number of aryl methyl sites for hydroxylation is 2. The van der Waals surface area contributed by atoms with Crippen LogP contribution in [-0.2, 0) is 0 Å². The van der Waals surface area contributed by atoms with Gasteiger partial charge in [-0.15, -0.1) is 15.3 Å². The number of piperazine rings is 1. The van der Waals surface area contributed by atoms with Crippen molar-refractivity contribution in [2.45, 2.75) is 44.4 Å². The van der Waals surface area contributed by atoms with Crippen molar-refractivity contribution in [2.75, 3.05) is 29.1 Å². The zero-order valence-electron chi connectivity index (χ0n) is 15.9. The molecule has 0 aromatic carbocycles. The summed E-state index contributed by atoms with van der Waals surface area (Å²) in [4.78, 5) is 14.2. The van der Waals surface area contributed by atoms with Crippen molar-refractivity contribution >= 4 is 29.0 Å². The molecular weight excluding hydrogens is 360 g/mol. The highest BCUT2D eigenvalue weighted by Crippen LogP contribution is 2.38. The van der Waals surface area contributed by atoms with Crippen molar-refractivity contribution < 1.29 is 0 Å². The van der Waals surface area contributed by atoms with Crippen molar-refractivity contribution in [3.05, 3.63) is 29.2 Å². The van der Waals surface area contributed by atoms with E-state index in [4.69, 9.17) is 10.1 Å². The largest absolute Gasteiger partial charge is 0.352 e. The van der Waals surface area contributed by atoms with Gasteiger partial charge in [-0.3, -0.25) is 0 Å². The first-order valence-electron chi connectivity index (χ1n) is 9.16. The predicted octanol–water partition coefficient (Wildman–Crippen LogP) is 2.03. The van der Waals surface area contributed by atoms with Crippen LogP contribution in [0.25, 0.3) is 5.65 Å². The van der Waals surface area contributed by atoms with Crippen LogP contribution in [0, 0.1) is 20.8 Å². The molecule has 140 valence electrons. The second kappa shape index (κ2) is 6.05. The lowest BCUT2D eigenvalue weighted by atomic mass is 9.87. The first-order valence-corrected chi connectivity index (χ1v) is 10.4. The molecule has 27 heavy (non-hydrogen) atoms. The van der Waals surface area contributed by atoms with E-state index in [9.17, 15) is 0 Å². The topological polar surface area (TPSA) is 75.3 Å². The summed E-state index contributed by atoms with van der Waals surface area (Å²) in [7, 11) is 0. The van der Waals surface area contributed by atoms with Gasteiger partial charge in [-0.2, -0.15) is 4.52 Å². The zero-order chi connectivity index (χ0) is 18.7. The van der Waals surface area contributed by atoms with Crippen molar-refractivity contribution in [3.63, 3.8) is 0 Å². The predicted molar refractivity (Wildman–Crippen MR) is 106 cm³/mol. The highest BCUT2D eigenvalue weighted by Gasteiger charge is 2.46. The Balaban J connectivity index is 1.42. The van der Waals surface area contributed by atoms with E-state index in [0.717, 1.165) is 47.0 Å². The minimum atomic E-state index is 0.456. The van der Waals surface area contributed by atoms with E-state index >= 15 is 0 Å². The van der Waals surface area contributed by atoms with E-state index in [2.05, 4.69) is 44.9 Å².